The summed E-state index contributed by atoms with van der Waals surface area (Å²) in [5.41, 5.74) is 0. The average molecular weight is 138 g/mol. The lowest BCUT2D eigenvalue weighted by Gasteiger charge is -2.01. The quantitative estimate of drug-likeness (QED) is 0.518. The Bertz CT molecular complexity index is 145. The van der Waals surface area contributed by atoms with Crippen molar-refractivity contribution in [3.8, 4) is 0 Å². The Labute approximate surface area is 49.8 Å². The van der Waals surface area contributed by atoms with Gasteiger partial charge >= 0.3 is 0 Å². The van der Waals surface area contributed by atoms with Gasteiger partial charge in [-0.2, -0.15) is 8.42 Å². The normalized spacial score (nSPS) is 12.5. The van der Waals surface area contributed by atoms with E-state index in [-0.39, 0.29) is 0 Å². The highest BCUT2D eigenvalue weighted by molar-refractivity contribution is 7.87. The second-order valence-corrected chi connectivity index (χ2v) is 3.97. The van der Waals surface area contributed by atoms with Crippen LogP contribution in [0.1, 0.15) is 13.8 Å². The van der Waals surface area contributed by atoms with Crippen LogP contribution in [0.4, 0.5) is 0 Å². The van der Waals surface area contributed by atoms with Gasteiger partial charge in [-0.1, -0.05) is 0 Å². The van der Waals surface area contributed by atoms with Crippen molar-refractivity contribution in [2.75, 3.05) is 7.11 Å². The molecule has 0 amide bonds. The highest BCUT2D eigenvalue weighted by atomic mass is 32.2. The fourth-order valence-electron chi connectivity index (χ4n) is 0.192. The lowest BCUT2D eigenvalue weighted by molar-refractivity contribution is 0.391. The molecule has 0 saturated heterocycles. The summed E-state index contributed by atoms with van der Waals surface area (Å²) in [6.45, 7) is 3.14. The van der Waals surface area contributed by atoms with Crippen molar-refractivity contribution in [2.45, 2.75) is 19.1 Å². The maximum absolute atomic E-state index is 10.5. The Morgan fingerprint density at radius 2 is 1.75 bits per heavy atom. The fourth-order valence-corrected chi connectivity index (χ4v) is 0.577. The molecule has 0 N–H and O–H groups in total. The topological polar surface area (TPSA) is 43.4 Å². The summed E-state index contributed by atoms with van der Waals surface area (Å²) in [4.78, 5) is 0. The van der Waals surface area contributed by atoms with Gasteiger partial charge in [-0.25, -0.2) is 0 Å². The SMILES string of the molecule is COS(=O)(=O)C(C)C. The highest BCUT2D eigenvalue weighted by Gasteiger charge is 2.12. The van der Waals surface area contributed by atoms with Crippen LogP contribution in [0.2, 0.25) is 0 Å². The van der Waals surface area contributed by atoms with Gasteiger partial charge < -0.3 is 0 Å². The Balaban J connectivity index is 4.17. The van der Waals surface area contributed by atoms with Crippen molar-refractivity contribution >= 4 is 10.1 Å². The van der Waals surface area contributed by atoms with Gasteiger partial charge in [0, 0.05) is 0 Å². The van der Waals surface area contributed by atoms with Crippen molar-refractivity contribution < 1.29 is 12.6 Å². The van der Waals surface area contributed by atoms with E-state index in [1.807, 2.05) is 0 Å². The molecule has 0 radical (unpaired) electrons. The predicted octanol–water partition coefficient (Wildman–Crippen LogP) is 0.371. The Morgan fingerprint density at radius 3 is 1.75 bits per heavy atom. The van der Waals surface area contributed by atoms with Crippen LogP contribution in [0.5, 0.6) is 0 Å². The van der Waals surface area contributed by atoms with Crippen LogP contribution in [-0.4, -0.2) is 20.8 Å². The zero-order valence-corrected chi connectivity index (χ0v) is 6.03. The maximum atomic E-state index is 10.5. The number of rotatable bonds is 2. The summed E-state index contributed by atoms with van der Waals surface area (Å²) >= 11 is 0. The molecule has 0 rings (SSSR count). The molecule has 0 aliphatic carbocycles. The van der Waals surface area contributed by atoms with Crippen LogP contribution in [0, 0.1) is 0 Å². The molecule has 50 valence electrons. The Kier molecular flexibility index (Phi) is 2.43. The molecule has 0 unspecified atom stereocenters. The molecule has 0 aromatic rings. The van der Waals surface area contributed by atoms with Gasteiger partial charge in [0.05, 0.1) is 12.4 Å². The van der Waals surface area contributed by atoms with Gasteiger partial charge in [0.1, 0.15) is 0 Å². The fraction of sp³-hybridized carbons (Fsp3) is 1.00. The molecule has 0 aromatic carbocycles. The second kappa shape index (κ2) is 2.46. The van der Waals surface area contributed by atoms with E-state index in [4.69, 9.17) is 0 Å². The van der Waals surface area contributed by atoms with E-state index in [0.29, 0.717) is 0 Å². The molecule has 0 saturated carbocycles. The standard InChI is InChI=1S/C4H10O3S/c1-4(2)8(5,6)7-3/h4H,1-3H3. The van der Waals surface area contributed by atoms with Gasteiger partial charge in [0.15, 0.2) is 0 Å². The van der Waals surface area contributed by atoms with E-state index in [1.54, 1.807) is 13.8 Å². The van der Waals surface area contributed by atoms with Crippen LogP contribution in [0.15, 0.2) is 0 Å². The van der Waals surface area contributed by atoms with E-state index in [2.05, 4.69) is 4.18 Å². The van der Waals surface area contributed by atoms with Crippen molar-refractivity contribution in [1.29, 1.82) is 0 Å². The summed E-state index contributed by atoms with van der Waals surface area (Å²) in [5.74, 6) is 0. The van der Waals surface area contributed by atoms with E-state index in [0.717, 1.165) is 7.11 Å². The minimum atomic E-state index is -3.24. The van der Waals surface area contributed by atoms with Crippen LogP contribution < -0.4 is 0 Å². The third-order valence-corrected chi connectivity index (χ3v) is 2.43. The summed E-state index contributed by atoms with van der Waals surface area (Å²) in [5, 5.41) is -0.438. The molecule has 0 heterocycles. The number of hydrogen-bond donors (Lipinski definition) is 0. The van der Waals surface area contributed by atoms with Crippen molar-refractivity contribution in [3.05, 3.63) is 0 Å². The van der Waals surface area contributed by atoms with E-state index in [1.165, 1.54) is 0 Å². The molecule has 0 fully saturated rings. The third-order valence-electron chi connectivity index (χ3n) is 0.810. The molecule has 0 spiro atoms. The average Bonchev–Trinajstić information content (AvgIpc) is 1.67. The first kappa shape index (κ1) is 7.91. The van der Waals surface area contributed by atoms with Gasteiger partial charge in [0.2, 0.25) is 0 Å². The zero-order valence-electron chi connectivity index (χ0n) is 5.21. The van der Waals surface area contributed by atoms with Crippen LogP contribution in [-0.2, 0) is 14.3 Å². The molecule has 0 atom stereocenters. The highest BCUT2D eigenvalue weighted by Crippen LogP contribution is 1.98. The van der Waals surface area contributed by atoms with Crippen molar-refractivity contribution in [3.63, 3.8) is 0 Å². The van der Waals surface area contributed by atoms with E-state index < -0.39 is 15.4 Å². The third kappa shape index (κ3) is 1.79. The second-order valence-electron chi connectivity index (χ2n) is 1.71. The minimum absolute atomic E-state index is 0.438. The first-order chi connectivity index (χ1) is 3.50. The number of hydrogen-bond acceptors (Lipinski definition) is 3. The molecular weight excluding hydrogens is 128 g/mol. The lowest BCUT2D eigenvalue weighted by Crippen LogP contribution is -2.14. The molecule has 3 nitrogen and oxygen atoms in total. The van der Waals surface area contributed by atoms with Gasteiger partial charge in [-0.15, -0.1) is 0 Å². The predicted molar refractivity (Wildman–Crippen MR) is 31.1 cm³/mol. The zero-order chi connectivity index (χ0) is 6.78. The molecule has 0 bridgehead atoms. The van der Waals surface area contributed by atoms with E-state index >= 15 is 0 Å². The smallest absolute Gasteiger partial charge is 0.269 e. The molecule has 0 aliphatic heterocycles. The largest absolute Gasteiger partial charge is 0.273 e. The summed E-state index contributed by atoms with van der Waals surface area (Å²) in [6.07, 6.45) is 0. The van der Waals surface area contributed by atoms with Gasteiger partial charge in [0.25, 0.3) is 10.1 Å². The molecule has 4 heteroatoms. The van der Waals surface area contributed by atoms with Crippen molar-refractivity contribution in [1.82, 2.24) is 0 Å². The monoisotopic (exact) mass is 138 g/mol. The summed E-state index contributed by atoms with van der Waals surface area (Å²) in [6, 6.07) is 0. The van der Waals surface area contributed by atoms with Crippen LogP contribution >= 0.6 is 0 Å². The first-order valence-corrected chi connectivity index (χ1v) is 3.77. The van der Waals surface area contributed by atoms with Crippen LogP contribution in [0.25, 0.3) is 0 Å². The minimum Gasteiger partial charge on any atom is -0.273 e. The molecule has 8 heavy (non-hydrogen) atoms. The van der Waals surface area contributed by atoms with Gasteiger partial charge in [-0.05, 0) is 13.8 Å². The van der Waals surface area contributed by atoms with Crippen LogP contribution in [0.3, 0.4) is 0 Å². The lowest BCUT2D eigenvalue weighted by atomic mass is 10.6. The Morgan fingerprint density at radius 1 is 1.38 bits per heavy atom. The summed E-state index contributed by atoms with van der Waals surface area (Å²) in [7, 11) is -2.07. The van der Waals surface area contributed by atoms with Crippen molar-refractivity contribution in [2.24, 2.45) is 0 Å². The first-order valence-electron chi connectivity index (χ1n) is 2.30. The molecule has 0 aromatic heterocycles. The summed E-state index contributed by atoms with van der Waals surface area (Å²) < 4.78 is 25.1. The molecular formula is C4H10O3S. The van der Waals surface area contributed by atoms with E-state index in [9.17, 15) is 8.42 Å². The van der Waals surface area contributed by atoms with Gasteiger partial charge in [-0.3, -0.25) is 4.18 Å². The maximum Gasteiger partial charge on any atom is 0.269 e. The molecule has 0 aliphatic rings. The Hall–Kier alpha value is -0.0900.